The Kier molecular flexibility index (Phi) is 17.7. The molecule has 150 valence electrons. The number of aliphatic hydroxyl groups is 1. The number of carboxylic acids is 1. The number of nitrogens with one attached hydrogen (secondary N) is 1. The summed E-state index contributed by atoms with van der Waals surface area (Å²) >= 11 is 0. The van der Waals surface area contributed by atoms with Gasteiger partial charge in [-0.3, -0.25) is 4.79 Å². The largest absolute Gasteiger partial charge is 0.480 e. The zero-order valence-corrected chi connectivity index (χ0v) is 16.5. The van der Waals surface area contributed by atoms with Crippen LogP contribution in [0.3, 0.4) is 0 Å². The normalized spacial score (nSPS) is 13.7. The zero-order chi connectivity index (χ0) is 18.8. The van der Waals surface area contributed by atoms with Gasteiger partial charge in [0.1, 0.15) is 6.04 Å². The van der Waals surface area contributed by atoms with E-state index in [0.29, 0.717) is 6.61 Å². The molecule has 1 unspecified atom stereocenters. The number of hydrogen-bond acceptors (Lipinski definition) is 4. The lowest BCUT2D eigenvalue weighted by Gasteiger charge is -2.14. The molecule has 0 aromatic heterocycles. The lowest BCUT2D eigenvalue weighted by molar-refractivity contribution is -0.139. The number of unbranched alkanes of at least 4 members (excludes halogenated alkanes) is 11. The molecule has 0 aliphatic heterocycles. The first-order valence-corrected chi connectivity index (χ1v) is 10.3. The minimum absolute atomic E-state index is 0.242. The fraction of sp³-hybridized carbons (Fsp3) is 0.950. The standard InChI is InChI=1S/C20H41NO4/c1-3-4-5-6-7-8-9-10-11-12-13-14-15-25-17-19(22)16-21-18(2)20(23)24/h18-19,21-22H,3-17H2,1-2H3,(H,23,24)/t18-,19?/m0/s1. The highest BCUT2D eigenvalue weighted by Gasteiger charge is 2.12. The van der Waals surface area contributed by atoms with E-state index in [2.05, 4.69) is 12.2 Å². The quantitative estimate of drug-likeness (QED) is 0.302. The number of carbonyl (C=O) groups is 1. The van der Waals surface area contributed by atoms with Gasteiger partial charge in [-0.15, -0.1) is 0 Å². The Morgan fingerprint density at radius 1 is 0.920 bits per heavy atom. The van der Waals surface area contributed by atoms with Crippen molar-refractivity contribution in [1.82, 2.24) is 5.32 Å². The third-order valence-electron chi connectivity index (χ3n) is 4.48. The Bertz CT molecular complexity index is 299. The van der Waals surface area contributed by atoms with Crippen LogP contribution in [-0.4, -0.2) is 48.1 Å². The van der Waals surface area contributed by atoms with Crippen LogP contribution in [0.25, 0.3) is 0 Å². The minimum atomic E-state index is -0.912. The molecule has 25 heavy (non-hydrogen) atoms. The van der Waals surface area contributed by atoms with E-state index in [9.17, 15) is 9.90 Å². The van der Waals surface area contributed by atoms with Crippen molar-refractivity contribution in [3.63, 3.8) is 0 Å². The maximum absolute atomic E-state index is 10.6. The van der Waals surface area contributed by atoms with Crippen molar-refractivity contribution in [3.05, 3.63) is 0 Å². The highest BCUT2D eigenvalue weighted by Crippen LogP contribution is 2.11. The third kappa shape index (κ3) is 18.0. The molecule has 0 saturated carbocycles. The summed E-state index contributed by atoms with van der Waals surface area (Å²) in [6.45, 7) is 4.99. The lowest BCUT2D eigenvalue weighted by Crippen LogP contribution is -2.40. The second-order valence-electron chi connectivity index (χ2n) is 7.09. The average Bonchev–Trinajstić information content (AvgIpc) is 2.59. The Morgan fingerprint density at radius 2 is 1.40 bits per heavy atom. The number of ether oxygens (including phenoxy) is 1. The van der Waals surface area contributed by atoms with Crippen molar-refractivity contribution >= 4 is 5.97 Å². The second-order valence-corrected chi connectivity index (χ2v) is 7.09. The van der Waals surface area contributed by atoms with Crippen molar-refractivity contribution in [2.45, 2.75) is 103 Å². The highest BCUT2D eigenvalue weighted by atomic mass is 16.5. The third-order valence-corrected chi connectivity index (χ3v) is 4.48. The number of aliphatic hydroxyl groups excluding tert-OH is 1. The molecule has 0 amide bonds. The molecule has 0 radical (unpaired) electrons. The van der Waals surface area contributed by atoms with Gasteiger partial charge in [0.25, 0.3) is 0 Å². The van der Waals surface area contributed by atoms with Gasteiger partial charge in [-0.05, 0) is 13.3 Å². The molecule has 0 aromatic rings. The zero-order valence-electron chi connectivity index (χ0n) is 16.5. The van der Waals surface area contributed by atoms with E-state index >= 15 is 0 Å². The van der Waals surface area contributed by atoms with E-state index in [1.165, 1.54) is 70.6 Å². The van der Waals surface area contributed by atoms with Crippen molar-refractivity contribution in [3.8, 4) is 0 Å². The van der Waals surface area contributed by atoms with Crippen LogP contribution in [0.2, 0.25) is 0 Å². The molecular weight excluding hydrogens is 318 g/mol. The van der Waals surface area contributed by atoms with Gasteiger partial charge in [-0.1, -0.05) is 77.6 Å². The van der Waals surface area contributed by atoms with Crippen LogP contribution in [0.15, 0.2) is 0 Å². The fourth-order valence-electron chi connectivity index (χ4n) is 2.72. The Labute approximate surface area is 154 Å². The van der Waals surface area contributed by atoms with Crippen LogP contribution in [0.4, 0.5) is 0 Å². The van der Waals surface area contributed by atoms with Crippen LogP contribution < -0.4 is 5.32 Å². The van der Waals surface area contributed by atoms with Crippen molar-refractivity contribution in [2.24, 2.45) is 0 Å². The van der Waals surface area contributed by atoms with Gasteiger partial charge in [-0.2, -0.15) is 0 Å². The molecule has 0 fully saturated rings. The molecule has 0 saturated heterocycles. The van der Waals surface area contributed by atoms with Crippen LogP contribution in [0.5, 0.6) is 0 Å². The molecule has 3 N–H and O–H groups in total. The van der Waals surface area contributed by atoms with Crippen LogP contribution in [-0.2, 0) is 9.53 Å². The predicted octanol–water partition coefficient (Wildman–Crippen LogP) is 4.13. The van der Waals surface area contributed by atoms with E-state index in [1.54, 1.807) is 6.92 Å². The molecule has 0 rings (SSSR count). The summed E-state index contributed by atoms with van der Waals surface area (Å²) in [5, 5.41) is 21.2. The summed E-state index contributed by atoms with van der Waals surface area (Å²) in [6.07, 6.45) is 15.2. The highest BCUT2D eigenvalue weighted by molar-refractivity contribution is 5.72. The maximum atomic E-state index is 10.6. The Morgan fingerprint density at radius 3 is 1.88 bits per heavy atom. The van der Waals surface area contributed by atoms with Crippen LogP contribution in [0.1, 0.15) is 90.9 Å². The molecule has 0 aromatic carbocycles. The summed E-state index contributed by atoms with van der Waals surface area (Å²) in [7, 11) is 0. The van der Waals surface area contributed by atoms with E-state index in [-0.39, 0.29) is 13.2 Å². The van der Waals surface area contributed by atoms with Crippen molar-refractivity contribution in [1.29, 1.82) is 0 Å². The molecule has 2 atom stereocenters. The number of carboxylic acid groups (broad SMARTS) is 1. The first-order valence-electron chi connectivity index (χ1n) is 10.3. The first-order chi connectivity index (χ1) is 12.1. The maximum Gasteiger partial charge on any atom is 0.320 e. The Hall–Kier alpha value is -0.650. The average molecular weight is 360 g/mol. The monoisotopic (exact) mass is 359 g/mol. The summed E-state index contributed by atoms with van der Waals surface area (Å²) < 4.78 is 5.44. The van der Waals surface area contributed by atoms with E-state index < -0.39 is 18.1 Å². The molecular formula is C20H41NO4. The van der Waals surface area contributed by atoms with Gasteiger partial charge < -0.3 is 20.3 Å². The van der Waals surface area contributed by atoms with Gasteiger partial charge in [-0.25, -0.2) is 0 Å². The molecule has 5 heteroatoms. The van der Waals surface area contributed by atoms with Crippen LogP contribution >= 0.6 is 0 Å². The fourth-order valence-corrected chi connectivity index (χ4v) is 2.72. The van der Waals surface area contributed by atoms with E-state index in [4.69, 9.17) is 9.84 Å². The van der Waals surface area contributed by atoms with Gasteiger partial charge in [0.05, 0.1) is 12.7 Å². The van der Waals surface area contributed by atoms with E-state index in [1.807, 2.05) is 0 Å². The molecule has 5 nitrogen and oxygen atoms in total. The van der Waals surface area contributed by atoms with E-state index in [0.717, 1.165) is 6.42 Å². The van der Waals surface area contributed by atoms with Gasteiger partial charge in [0.15, 0.2) is 0 Å². The predicted molar refractivity (Wildman–Crippen MR) is 103 cm³/mol. The smallest absolute Gasteiger partial charge is 0.320 e. The molecule has 0 bridgehead atoms. The van der Waals surface area contributed by atoms with Crippen LogP contribution in [0, 0.1) is 0 Å². The Balaban J connectivity index is 3.19. The number of aliphatic carboxylic acids is 1. The van der Waals surface area contributed by atoms with Gasteiger partial charge in [0.2, 0.25) is 0 Å². The second kappa shape index (κ2) is 18.2. The van der Waals surface area contributed by atoms with Gasteiger partial charge in [0, 0.05) is 13.2 Å². The number of hydrogen-bond donors (Lipinski definition) is 3. The summed E-state index contributed by atoms with van der Waals surface area (Å²) in [5.41, 5.74) is 0. The summed E-state index contributed by atoms with van der Waals surface area (Å²) in [6, 6.07) is -0.647. The molecule has 0 aliphatic carbocycles. The van der Waals surface area contributed by atoms with Crippen molar-refractivity contribution in [2.75, 3.05) is 19.8 Å². The molecule has 0 heterocycles. The number of rotatable bonds is 19. The first kappa shape index (κ1) is 24.4. The van der Waals surface area contributed by atoms with Gasteiger partial charge >= 0.3 is 5.97 Å². The molecule has 0 aliphatic rings. The topological polar surface area (TPSA) is 78.8 Å². The van der Waals surface area contributed by atoms with Crippen molar-refractivity contribution < 1.29 is 19.7 Å². The minimum Gasteiger partial charge on any atom is -0.480 e. The summed E-state index contributed by atoms with van der Waals surface area (Å²) in [5.74, 6) is -0.912. The summed E-state index contributed by atoms with van der Waals surface area (Å²) in [4.78, 5) is 10.6. The lowest BCUT2D eigenvalue weighted by atomic mass is 10.1. The SMILES string of the molecule is CCCCCCCCCCCCCCOCC(O)CN[C@@H](C)C(=O)O. The molecule has 0 spiro atoms.